The molecule has 0 bridgehead atoms. The zero-order valence-electron chi connectivity index (χ0n) is 12.3. The number of hydrogen-bond donors (Lipinski definition) is 0. The summed E-state index contributed by atoms with van der Waals surface area (Å²) in [6.45, 7) is 17.3. The molecule has 3 nitrogen and oxygen atoms in total. The van der Waals surface area contributed by atoms with E-state index in [4.69, 9.17) is 16.0 Å². The van der Waals surface area contributed by atoms with Crippen molar-refractivity contribution in [1.82, 2.24) is 0 Å². The lowest BCUT2D eigenvalue weighted by Crippen LogP contribution is -2.48. The number of rotatable bonds is 4. The van der Waals surface area contributed by atoms with Gasteiger partial charge in [0.05, 0.1) is 23.9 Å². The van der Waals surface area contributed by atoms with E-state index in [0.29, 0.717) is 0 Å². The van der Waals surface area contributed by atoms with Gasteiger partial charge in [-0.15, -0.1) is 0 Å². The van der Waals surface area contributed by atoms with Crippen LogP contribution in [-0.2, 0) is 9.47 Å². The molecule has 1 unspecified atom stereocenters. The van der Waals surface area contributed by atoms with Crippen molar-refractivity contribution in [2.24, 2.45) is 0 Å². The highest BCUT2D eigenvalue weighted by Gasteiger charge is 2.52. The predicted molar refractivity (Wildman–Crippen MR) is 75.9 cm³/mol. The van der Waals surface area contributed by atoms with Crippen LogP contribution in [0.3, 0.4) is 0 Å². The molecule has 0 aromatic rings. The van der Waals surface area contributed by atoms with Crippen LogP contribution in [0.15, 0.2) is 12.2 Å². The van der Waals surface area contributed by atoms with E-state index in [1.165, 1.54) is 0 Å². The van der Waals surface area contributed by atoms with Gasteiger partial charge in [-0.3, -0.25) is 0 Å². The molecular formula is C16H25NO2. The molecule has 0 spiro atoms. The Morgan fingerprint density at radius 3 is 2.84 bits per heavy atom. The van der Waals surface area contributed by atoms with Gasteiger partial charge in [0, 0.05) is 19.8 Å². The first-order valence-electron chi connectivity index (χ1n) is 7.36. The van der Waals surface area contributed by atoms with E-state index in [1.54, 1.807) is 0 Å². The molecule has 106 valence electrons. The Morgan fingerprint density at radius 2 is 2.26 bits per heavy atom. The van der Waals surface area contributed by atoms with Gasteiger partial charge in [-0.2, -0.15) is 0 Å². The van der Waals surface area contributed by atoms with Crippen molar-refractivity contribution in [3.8, 4) is 0 Å². The van der Waals surface area contributed by atoms with Crippen LogP contribution < -0.4 is 0 Å². The highest BCUT2D eigenvalue weighted by atomic mass is 16.6. The summed E-state index contributed by atoms with van der Waals surface area (Å²) in [5, 5.41) is 0. The summed E-state index contributed by atoms with van der Waals surface area (Å²) in [5.41, 5.74) is 0.950. The van der Waals surface area contributed by atoms with Gasteiger partial charge < -0.3 is 14.3 Å². The quantitative estimate of drug-likeness (QED) is 0.569. The summed E-state index contributed by atoms with van der Waals surface area (Å²) < 4.78 is 12.5. The van der Waals surface area contributed by atoms with Crippen LogP contribution in [0.4, 0.5) is 0 Å². The van der Waals surface area contributed by atoms with Gasteiger partial charge in [0.25, 0.3) is 0 Å². The van der Waals surface area contributed by atoms with E-state index in [1.807, 2.05) is 13.8 Å². The average Bonchev–Trinajstić information content (AvgIpc) is 2.78. The van der Waals surface area contributed by atoms with Crippen molar-refractivity contribution in [3.05, 3.63) is 23.6 Å². The largest absolute Gasteiger partial charge is 0.369 e. The minimum Gasteiger partial charge on any atom is -0.369 e. The molecule has 3 heteroatoms. The SMILES string of the molecule is [C-]#[N+][C@H](C)CC1CC[C@@H]2O[C@@H](C(=C)C)C[C@]2(CC)O1. The van der Waals surface area contributed by atoms with Gasteiger partial charge in [0.2, 0.25) is 6.04 Å². The van der Waals surface area contributed by atoms with Crippen LogP contribution in [-0.4, -0.2) is 30.0 Å². The number of hydrogen-bond acceptors (Lipinski definition) is 2. The minimum absolute atomic E-state index is 0.0507. The number of ether oxygens (including phenoxy) is 2. The highest BCUT2D eigenvalue weighted by molar-refractivity contribution is 5.10. The molecule has 0 radical (unpaired) electrons. The molecule has 5 atom stereocenters. The van der Waals surface area contributed by atoms with E-state index in [9.17, 15) is 0 Å². The Hall–Kier alpha value is -0.850. The van der Waals surface area contributed by atoms with Crippen LogP contribution in [0.1, 0.15) is 52.9 Å². The standard InChI is InChI=1S/C16H25NO2/c1-6-16-10-14(11(2)3)18-15(16)8-7-13(19-16)9-12(4)17-5/h12-15H,2,6-10H2,1,3-4H3/t12-,13?,14-,15+,16+/m1/s1. The van der Waals surface area contributed by atoms with Gasteiger partial charge in [0.1, 0.15) is 0 Å². The summed E-state index contributed by atoms with van der Waals surface area (Å²) in [6.07, 6.45) is 5.36. The molecule has 2 rings (SSSR count). The Balaban J connectivity index is 2.06. The first-order chi connectivity index (χ1) is 9.00. The second-order valence-corrected chi connectivity index (χ2v) is 6.11. The van der Waals surface area contributed by atoms with E-state index < -0.39 is 0 Å². The fourth-order valence-electron chi connectivity index (χ4n) is 3.34. The molecule has 0 amide bonds. The van der Waals surface area contributed by atoms with Crippen LogP contribution >= 0.6 is 0 Å². The fraction of sp³-hybridized carbons (Fsp3) is 0.812. The normalized spacial score (nSPS) is 39.4. The Morgan fingerprint density at radius 1 is 1.53 bits per heavy atom. The first kappa shape index (κ1) is 14.6. The van der Waals surface area contributed by atoms with Gasteiger partial charge in [0.15, 0.2) is 0 Å². The first-order valence-corrected chi connectivity index (χ1v) is 7.36. The van der Waals surface area contributed by atoms with Crippen LogP contribution in [0.2, 0.25) is 0 Å². The van der Waals surface area contributed by atoms with Crippen molar-refractivity contribution in [3.63, 3.8) is 0 Å². The maximum absolute atomic E-state index is 7.09. The third-order valence-electron chi connectivity index (χ3n) is 4.57. The predicted octanol–water partition coefficient (Wildman–Crippen LogP) is 3.75. The molecule has 2 heterocycles. The molecule has 19 heavy (non-hydrogen) atoms. The van der Waals surface area contributed by atoms with Crippen LogP contribution in [0.5, 0.6) is 0 Å². The van der Waals surface area contributed by atoms with Crippen molar-refractivity contribution in [2.75, 3.05) is 0 Å². The van der Waals surface area contributed by atoms with Crippen molar-refractivity contribution in [2.45, 2.75) is 82.8 Å². The lowest BCUT2D eigenvalue weighted by Gasteiger charge is -2.41. The number of nitrogens with zero attached hydrogens (tertiary/aromatic N) is 1. The third kappa shape index (κ3) is 2.85. The summed E-state index contributed by atoms with van der Waals surface area (Å²) in [6, 6.07) is 0.0507. The molecule has 0 N–H and O–H groups in total. The third-order valence-corrected chi connectivity index (χ3v) is 4.57. The second-order valence-electron chi connectivity index (χ2n) is 6.11. The molecule has 2 aliphatic rings. The molecule has 2 fully saturated rings. The minimum atomic E-state index is -0.145. The summed E-state index contributed by atoms with van der Waals surface area (Å²) in [4.78, 5) is 3.58. The monoisotopic (exact) mass is 263 g/mol. The molecule has 2 saturated heterocycles. The molecular weight excluding hydrogens is 238 g/mol. The average molecular weight is 263 g/mol. The maximum atomic E-state index is 7.09. The lowest BCUT2D eigenvalue weighted by molar-refractivity contribution is -0.168. The van der Waals surface area contributed by atoms with Crippen molar-refractivity contribution < 1.29 is 9.47 Å². The van der Waals surface area contributed by atoms with Gasteiger partial charge >= 0.3 is 0 Å². The lowest BCUT2D eigenvalue weighted by atomic mass is 9.83. The molecule has 0 aromatic carbocycles. The molecule has 0 aliphatic carbocycles. The van der Waals surface area contributed by atoms with E-state index in [-0.39, 0.29) is 30.0 Å². The van der Waals surface area contributed by atoms with Crippen molar-refractivity contribution >= 4 is 0 Å². The zero-order chi connectivity index (χ0) is 14.0. The van der Waals surface area contributed by atoms with Crippen LogP contribution in [0.25, 0.3) is 4.85 Å². The van der Waals surface area contributed by atoms with Crippen molar-refractivity contribution in [1.29, 1.82) is 0 Å². The smallest absolute Gasteiger partial charge is 0.223 e. The zero-order valence-corrected chi connectivity index (χ0v) is 12.3. The van der Waals surface area contributed by atoms with Gasteiger partial charge in [-0.05, 0) is 26.2 Å². The summed E-state index contributed by atoms with van der Waals surface area (Å²) in [5.74, 6) is 0. The van der Waals surface area contributed by atoms with Crippen LogP contribution in [0, 0.1) is 6.57 Å². The van der Waals surface area contributed by atoms with E-state index >= 15 is 0 Å². The van der Waals surface area contributed by atoms with Gasteiger partial charge in [-0.25, -0.2) is 6.57 Å². The maximum Gasteiger partial charge on any atom is 0.223 e. The fourth-order valence-corrected chi connectivity index (χ4v) is 3.34. The van der Waals surface area contributed by atoms with Gasteiger partial charge in [-0.1, -0.05) is 19.1 Å². The highest BCUT2D eigenvalue weighted by Crippen LogP contribution is 2.45. The molecule has 2 aliphatic heterocycles. The Labute approximate surface area is 116 Å². The summed E-state index contributed by atoms with van der Waals surface area (Å²) in [7, 11) is 0. The number of fused-ring (bicyclic) bond motifs is 1. The Kier molecular flexibility index (Phi) is 4.32. The summed E-state index contributed by atoms with van der Waals surface area (Å²) >= 11 is 0. The van der Waals surface area contributed by atoms with E-state index in [2.05, 4.69) is 18.3 Å². The Bertz CT molecular complexity index is 387. The molecule has 0 saturated carbocycles. The van der Waals surface area contributed by atoms with E-state index in [0.717, 1.165) is 37.7 Å². The molecule has 0 aromatic heterocycles. The second kappa shape index (κ2) is 5.64. The topological polar surface area (TPSA) is 22.8 Å².